The Morgan fingerprint density at radius 2 is 1.75 bits per heavy atom. The maximum Gasteiger partial charge on any atom is 0.316 e. The Hall–Kier alpha value is -1.21. The Morgan fingerprint density at radius 1 is 1.21 bits per heavy atom. The van der Waals surface area contributed by atoms with E-state index in [9.17, 15) is 22.7 Å². The van der Waals surface area contributed by atoms with Gasteiger partial charge in [0, 0.05) is 0 Å². The third-order valence-corrected chi connectivity index (χ3v) is 8.13. The SMILES string of the molecule is CC(C)C(NS(=O)(=O)CCc1ccccc1)P(=O)(O)C(C)C(=O)O. The molecule has 0 aliphatic heterocycles. The summed E-state index contributed by atoms with van der Waals surface area (Å²) in [6.07, 6.45) is 0.255. The molecule has 1 rings (SSSR count). The molecule has 3 unspecified atom stereocenters. The van der Waals surface area contributed by atoms with Gasteiger partial charge in [-0.1, -0.05) is 44.2 Å². The molecular formula is C15H24NO6PS. The highest BCUT2D eigenvalue weighted by Gasteiger charge is 2.43. The number of aryl methyl sites for hydroxylation is 1. The number of rotatable bonds is 9. The van der Waals surface area contributed by atoms with Gasteiger partial charge >= 0.3 is 5.97 Å². The predicted molar refractivity (Wildman–Crippen MR) is 92.6 cm³/mol. The van der Waals surface area contributed by atoms with Crippen LogP contribution in [0, 0.1) is 5.92 Å². The highest BCUT2D eigenvalue weighted by Crippen LogP contribution is 2.52. The highest BCUT2D eigenvalue weighted by atomic mass is 32.2. The van der Waals surface area contributed by atoms with E-state index in [1.807, 2.05) is 6.07 Å². The van der Waals surface area contributed by atoms with E-state index in [2.05, 4.69) is 4.72 Å². The van der Waals surface area contributed by atoms with E-state index in [1.165, 1.54) is 0 Å². The topological polar surface area (TPSA) is 121 Å². The molecule has 0 aliphatic carbocycles. The average molecular weight is 377 g/mol. The van der Waals surface area contributed by atoms with Crippen molar-refractivity contribution >= 4 is 23.4 Å². The number of benzene rings is 1. The second-order valence-corrected chi connectivity index (χ2v) is 10.6. The van der Waals surface area contributed by atoms with Crippen LogP contribution in [-0.2, 0) is 25.8 Å². The summed E-state index contributed by atoms with van der Waals surface area (Å²) in [5.41, 5.74) is -0.725. The third-order valence-electron chi connectivity index (χ3n) is 3.74. The fourth-order valence-corrected chi connectivity index (χ4v) is 6.18. The predicted octanol–water partition coefficient (Wildman–Crippen LogP) is 1.87. The molecule has 0 bridgehead atoms. The molecule has 0 saturated carbocycles. The van der Waals surface area contributed by atoms with E-state index >= 15 is 0 Å². The lowest BCUT2D eigenvalue weighted by Crippen LogP contribution is -2.42. The molecule has 0 amide bonds. The molecule has 9 heteroatoms. The van der Waals surface area contributed by atoms with E-state index in [1.54, 1.807) is 38.1 Å². The monoisotopic (exact) mass is 377 g/mol. The highest BCUT2D eigenvalue weighted by molar-refractivity contribution is 7.89. The Bertz CT molecular complexity index is 704. The zero-order valence-electron chi connectivity index (χ0n) is 13.9. The molecule has 0 radical (unpaired) electrons. The van der Waals surface area contributed by atoms with Gasteiger partial charge in [-0.2, -0.15) is 0 Å². The molecule has 3 atom stereocenters. The fraction of sp³-hybridized carbons (Fsp3) is 0.533. The molecule has 24 heavy (non-hydrogen) atoms. The second kappa shape index (κ2) is 8.25. The fourth-order valence-electron chi connectivity index (χ4n) is 2.18. The maximum absolute atomic E-state index is 12.5. The minimum atomic E-state index is -4.29. The van der Waals surface area contributed by atoms with Gasteiger partial charge in [-0.15, -0.1) is 0 Å². The van der Waals surface area contributed by atoms with E-state index in [0.717, 1.165) is 12.5 Å². The number of carboxylic acid groups (broad SMARTS) is 1. The van der Waals surface area contributed by atoms with Crippen molar-refractivity contribution in [1.29, 1.82) is 0 Å². The Morgan fingerprint density at radius 3 is 2.21 bits per heavy atom. The zero-order valence-corrected chi connectivity index (χ0v) is 15.6. The minimum Gasteiger partial charge on any atom is -0.481 e. The van der Waals surface area contributed by atoms with E-state index in [-0.39, 0.29) is 12.2 Å². The molecule has 0 spiro atoms. The van der Waals surface area contributed by atoms with Gasteiger partial charge in [0.05, 0.1) is 5.75 Å². The largest absolute Gasteiger partial charge is 0.481 e. The summed E-state index contributed by atoms with van der Waals surface area (Å²) in [7, 11) is -8.13. The van der Waals surface area contributed by atoms with Crippen LogP contribution in [0.2, 0.25) is 0 Å². The average Bonchev–Trinajstić information content (AvgIpc) is 2.50. The van der Waals surface area contributed by atoms with Crippen molar-refractivity contribution in [3.8, 4) is 0 Å². The van der Waals surface area contributed by atoms with Gasteiger partial charge in [-0.25, -0.2) is 13.1 Å². The number of carbonyl (C=O) groups is 1. The summed E-state index contributed by atoms with van der Waals surface area (Å²) >= 11 is 0. The molecule has 136 valence electrons. The van der Waals surface area contributed by atoms with Crippen LogP contribution >= 0.6 is 7.37 Å². The van der Waals surface area contributed by atoms with E-state index in [0.29, 0.717) is 0 Å². The van der Waals surface area contributed by atoms with Gasteiger partial charge in [0.1, 0.15) is 11.4 Å². The summed E-state index contributed by atoms with van der Waals surface area (Å²) in [5, 5.41) is 8.99. The second-order valence-electron chi connectivity index (χ2n) is 6.05. The van der Waals surface area contributed by atoms with Crippen LogP contribution in [0.25, 0.3) is 0 Å². The van der Waals surface area contributed by atoms with Crippen LogP contribution in [0.15, 0.2) is 30.3 Å². The summed E-state index contributed by atoms with van der Waals surface area (Å²) < 4.78 is 39.3. The Balaban J connectivity index is 2.91. The quantitative estimate of drug-likeness (QED) is 0.565. The van der Waals surface area contributed by atoms with Gasteiger partial charge in [0.2, 0.25) is 17.4 Å². The lowest BCUT2D eigenvalue weighted by Gasteiger charge is -2.29. The summed E-state index contributed by atoms with van der Waals surface area (Å²) in [6.45, 7) is 4.25. The van der Waals surface area contributed by atoms with Crippen LogP contribution in [0.4, 0.5) is 0 Å². The van der Waals surface area contributed by atoms with Crippen LogP contribution in [0.5, 0.6) is 0 Å². The van der Waals surface area contributed by atoms with Crippen molar-refractivity contribution < 1.29 is 27.8 Å². The molecule has 0 heterocycles. The first kappa shape index (κ1) is 20.8. The number of nitrogens with one attached hydrogen (secondary N) is 1. The van der Waals surface area contributed by atoms with Crippen molar-refractivity contribution in [3.05, 3.63) is 35.9 Å². The number of aliphatic carboxylic acids is 1. The van der Waals surface area contributed by atoms with Crippen LogP contribution in [0.1, 0.15) is 26.3 Å². The van der Waals surface area contributed by atoms with Crippen LogP contribution in [0.3, 0.4) is 0 Å². The smallest absolute Gasteiger partial charge is 0.316 e. The van der Waals surface area contributed by atoms with Crippen LogP contribution < -0.4 is 4.72 Å². The Labute approximate surface area is 142 Å². The molecule has 0 aromatic heterocycles. The van der Waals surface area contributed by atoms with Crippen molar-refractivity contribution in [2.24, 2.45) is 5.92 Å². The first-order chi connectivity index (χ1) is 11.0. The number of carboxylic acids is 1. The summed E-state index contributed by atoms with van der Waals surface area (Å²) in [4.78, 5) is 21.2. The number of sulfonamides is 1. The van der Waals surface area contributed by atoms with Crippen molar-refractivity contribution in [1.82, 2.24) is 4.72 Å². The molecule has 0 fully saturated rings. The summed E-state index contributed by atoms with van der Waals surface area (Å²) in [5.74, 6) is -3.56. The number of hydrogen-bond donors (Lipinski definition) is 3. The normalized spacial score (nSPS) is 17.2. The molecule has 1 aromatic carbocycles. The first-order valence-electron chi connectivity index (χ1n) is 7.56. The molecule has 0 aliphatic rings. The van der Waals surface area contributed by atoms with Crippen molar-refractivity contribution in [2.45, 2.75) is 38.6 Å². The van der Waals surface area contributed by atoms with Crippen molar-refractivity contribution in [3.63, 3.8) is 0 Å². The molecule has 3 N–H and O–H groups in total. The standard InChI is InChI=1S/C15H24NO6PS/c1-11(2)14(23(19,20)12(3)15(17)18)16-24(21,22)10-9-13-7-5-4-6-8-13/h4-8,11-12,14,16H,9-10H2,1-3H3,(H,17,18)(H,19,20). The van der Waals surface area contributed by atoms with Gasteiger partial charge < -0.3 is 10.00 Å². The van der Waals surface area contributed by atoms with Gasteiger partial charge in [0.25, 0.3) is 0 Å². The van der Waals surface area contributed by atoms with Gasteiger partial charge in [-0.05, 0) is 24.8 Å². The molecular weight excluding hydrogens is 353 g/mol. The molecule has 1 aromatic rings. The first-order valence-corrected chi connectivity index (χ1v) is 11.0. The van der Waals surface area contributed by atoms with E-state index < -0.39 is 40.7 Å². The minimum absolute atomic E-state index is 0.248. The zero-order chi connectivity index (χ0) is 18.5. The molecule has 7 nitrogen and oxygen atoms in total. The lowest BCUT2D eigenvalue weighted by atomic mass is 10.2. The van der Waals surface area contributed by atoms with E-state index in [4.69, 9.17) is 5.11 Å². The number of hydrogen-bond acceptors (Lipinski definition) is 4. The van der Waals surface area contributed by atoms with Crippen molar-refractivity contribution in [2.75, 3.05) is 5.75 Å². The van der Waals surface area contributed by atoms with Gasteiger partial charge in [-0.3, -0.25) is 9.36 Å². The summed E-state index contributed by atoms with van der Waals surface area (Å²) in [6, 6.07) is 8.99. The van der Waals surface area contributed by atoms with Gasteiger partial charge in [0.15, 0.2) is 0 Å². The third kappa shape index (κ3) is 5.70. The maximum atomic E-state index is 12.5. The van der Waals surface area contributed by atoms with Crippen LogP contribution in [-0.4, -0.2) is 41.6 Å². The lowest BCUT2D eigenvalue weighted by molar-refractivity contribution is -0.136. The molecule has 0 saturated heterocycles. The Kier molecular flexibility index (Phi) is 7.16.